The highest BCUT2D eigenvalue weighted by molar-refractivity contribution is 7.19. The molecule has 1 aromatic heterocycles. The predicted molar refractivity (Wildman–Crippen MR) is 89.8 cm³/mol. The van der Waals surface area contributed by atoms with E-state index in [1.165, 1.54) is 28.5 Å². The van der Waals surface area contributed by atoms with Crippen LogP contribution in [-0.2, 0) is 6.42 Å². The van der Waals surface area contributed by atoms with Gasteiger partial charge in [0.2, 0.25) is 0 Å². The van der Waals surface area contributed by atoms with Crippen LogP contribution in [0.15, 0.2) is 54.6 Å². The molecule has 0 saturated heterocycles. The summed E-state index contributed by atoms with van der Waals surface area (Å²) < 4.78 is 1.42. The van der Waals surface area contributed by atoms with Gasteiger partial charge in [0, 0.05) is 15.5 Å². The Morgan fingerprint density at radius 3 is 2.40 bits per heavy atom. The van der Waals surface area contributed by atoms with Gasteiger partial charge < -0.3 is 0 Å². The fraction of sp³-hybridized carbons (Fsp3) is 0.263. The summed E-state index contributed by atoms with van der Waals surface area (Å²) in [6.07, 6.45) is 2.40. The van der Waals surface area contributed by atoms with Gasteiger partial charge in [-0.2, -0.15) is 0 Å². The maximum atomic E-state index is 2.34. The Morgan fingerprint density at radius 1 is 0.950 bits per heavy atom. The molecule has 0 amide bonds. The van der Waals surface area contributed by atoms with Crippen molar-refractivity contribution in [2.45, 2.75) is 32.6 Å². The molecule has 2 aromatic carbocycles. The summed E-state index contributed by atoms with van der Waals surface area (Å²) in [5.74, 6) is 0.467. The van der Waals surface area contributed by atoms with Gasteiger partial charge in [-0.25, -0.2) is 0 Å². The second-order valence-corrected chi connectivity index (χ2v) is 6.45. The minimum absolute atomic E-state index is 0.467. The predicted octanol–water partition coefficient (Wildman–Crippen LogP) is 6.01. The Kier molecular flexibility index (Phi) is 3.88. The fourth-order valence-electron chi connectivity index (χ4n) is 2.91. The molecule has 0 radical (unpaired) electrons. The fourth-order valence-corrected chi connectivity index (χ4v) is 4.31. The largest absolute Gasteiger partial charge is 0.140 e. The minimum atomic E-state index is 0.467. The number of fused-ring (bicyclic) bond motifs is 1. The highest BCUT2D eigenvalue weighted by Gasteiger charge is 2.18. The number of benzene rings is 2. The zero-order valence-electron chi connectivity index (χ0n) is 12.1. The van der Waals surface area contributed by atoms with Gasteiger partial charge in [0.25, 0.3) is 0 Å². The number of hydrogen-bond acceptors (Lipinski definition) is 1. The van der Waals surface area contributed by atoms with Crippen molar-refractivity contribution >= 4 is 21.4 Å². The number of rotatable bonds is 4. The lowest BCUT2D eigenvalue weighted by Gasteiger charge is -2.14. The first-order valence-electron chi connectivity index (χ1n) is 7.36. The molecule has 3 aromatic rings. The molecular formula is C19H20S. The van der Waals surface area contributed by atoms with Crippen LogP contribution < -0.4 is 0 Å². The van der Waals surface area contributed by atoms with Crippen LogP contribution >= 0.6 is 11.3 Å². The molecule has 0 unspecified atom stereocenters. The molecule has 0 aliphatic rings. The summed E-state index contributed by atoms with van der Waals surface area (Å²) in [4.78, 5) is 1.56. The average Bonchev–Trinajstić information content (AvgIpc) is 2.86. The highest BCUT2D eigenvalue weighted by Crippen LogP contribution is 2.39. The lowest BCUT2D eigenvalue weighted by atomic mass is 9.90. The molecule has 20 heavy (non-hydrogen) atoms. The molecule has 0 aliphatic heterocycles. The van der Waals surface area contributed by atoms with Crippen LogP contribution in [0, 0.1) is 0 Å². The van der Waals surface area contributed by atoms with E-state index in [0.29, 0.717) is 5.92 Å². The van der Waals surface area contributed by atoms with Crippen LogP contribution in [0.3, 0.4) is 0 Å². The second kappa shape index (κ2) is 5.80. The van der Waals surface area contributed by atoms with E-state index in [1.54, 1.807) is 10.4 Å². The minimum Gasteiger partial charge on any atom is -0.140 e. The van der Waals surface area contributed by atoms with Crippen molar-refractivity contribution in [3.63, 3.8) is 0 Å². The SMILES string of the molecule is CCCc1sc2ccccc2c1[C@H](C)c1ccccc1. The maximum absolute atomic E-state index is 2.34. The molecule has 0 aliphatic carbocycles. The van der Waals surface area contributed by atoms with Gasteiger partial charge in [0.05, 0.1) is 0 Å². The van der Waals surface area contributed by atoms with Crippen LogP contribution in [0.2, 0.25) is 0 Å². The molecule has 3 rings (SSSR count). The number of thiophene rings is 1. The van der Waals surface area contributed by atoms with E-state index in [0.717, 1.165) is 0 Å². The van der Waals surface area contributed by atoms with Crippen molar-refractivity contribution in [3.8, 4) is 0 Å². The van der Waals surface area contributed by atoms with Crippen LogP contribution in [-0.4, -0.2) is 0 Å². The van der Waals surface area contributed by atoms with Crippen molar-refractivity contribution < 1.29 is 0 Å². The molecule has 0 fully saturated rings. The quantitative estimate of drug-likeness (QED) is 0.549. The van der Waals surface area contributed by atoms with Crippen LogP contribution in [0.25, 0.3) is 10.1 Å². The van der Waals surface area contributed by atoms with Gasteiger partial charge in [-0.1, -0.05) is 68.8 Å². The lowest BCUT2D eigenvalue weighted by molar-refractivity contribution is 0.877. The first-order chi connectivity index (χ1) is 9.81. The average molecular weight is 280 g/mol. The van der Waals surface area contributed by atoms with Gasteiger partial charge in [0.15, 0.2) is 0 Å². The van der Waals surface area contributed by atoms with Crippen LogP contribution in [0.4, 0.5) is 0 Å². The molecular weight excluding hydrogens is 260 g/mol. The topological polar surface area (TPSA) is 0 Å². The van der Waals surface area contributed by atoms with E-state index >= 15 is 0 Å². The summed E-state index contributed by atoms with van der Waals surface area (Å²) in [5.41, 5.74) is 2.95. The number of aryl methyl sites for hydroxylation is 1. The molecule has 0 bridgehead atoms. The van der Waals surface area contributed by atoms with Crippen molar-refractivity contribution in [1.82, 2.24) is 0 Å². The van der Waals surface area contributed by atoms with E-state index in [1.807, 2.05) is 11.3 Å². The Balaban J connectivity index is 2.15. The molecule has 1 heteroatoms. The summed E-state index contributed by atoms with van der Waals surface area (Å²) in [7, 11) is 0. The van der Waals surface area contributed by atoms with Gasteiger partial charge in [-0.15, -0.1) is 11.3 Å². The van der Waals surface area contributed by atoms with E-state index in [4.69, 9.17) is 0 Å². The molecule has 0 nitrogen and oxygen atoms in total. The summed E-state index contributed by atoms with van der Waals surface area (Å²) in [6, 6.07) is 19.7. The van der Waals surface area contributed by atoms with E-state index in [-0.39, 0.29) is 0 Å². The van der Waals surface area contributed by atoms with Crippen molar-refractivity contribution in [3.05, 3.63) is 70.6 Å². The van der Waals surface area contributed by atoms with Gasteiger partial charge >= 0.3 is 0 Å². The van der Waals surface area contributed by atoms with Crippen LogP contribution in [0.1, 0.15) is 42.2 Å². The summed E-state index contributed by atoms with van der Waals surface area (Å²) >= 11 is 1.97. The van der Waals surface area contributed by atoms with Crippen molar-refractivity contribution in [1.29, 1.82) is 0 Å². The highest BCUT2D eigenvalue weighted by atomic mass is 32.1. The van der Waals surface area contributed by atoms with Gasteiger partial charge in [-0.05, 0) is 29.0 Å². The molecule has 1 atom stereocenters. The van der Waals surface area contributed by atoms with Gasteiger partial charge in [0.1, 0.15) is 0 Å². The molecule has 0 N–H and O–H groups in total. The number of hydrogen-bond donors (Lipinski definition) is 0. The lowest BCUT2D eigenvalue weighted by Crippen LogP contribution is -1.98. The third-order valence-corrected chi connectivity index (χ3v) is 5.17. The Labute approximate surface area is 125 Å². The van der Waals surface area contributed by atoms with Crippen molar-refractivity contribution in [2.75, 3.05) is 0 Å². The maximum Gasteiger partial charge on any atom is 0.0348 e. The first-order valence-corrected chi connectivity index (χ1v) is 8.18. The normalized spacial score (nSPS) is 12.7. The summed E-state index contributed by atoms with van der Waals surface area (Å²) in [5, 5.41) is 1.44. The van der Waals surface area contributed by atoms with E-state index < -0.39 is 0 Å². The molecule has 0 spiro atoms. The second-order valence-electron chi connectivity index (χ2n) is 5.32. The smallest absolute Gasteiger partial charge is 0.0348 e. The first kappa shape index (κ1) is 13.4. The Morgan fingerprint density at radius 2 is 1.65 bits per heavy atom. The van der Waals surface area contributed by atoms with Crippen molar-refractivity contribution in [2.24, 2.45) is 0 Å². The monoisotopic (exact) mass is 280 g/mol. The Hall–Kier alpha value is -1.60. The molecule has 1 heterocycles. The summed E-state index contributed by atoms with van der Waals surface area (Å²) in [6.45, 7) is 4.60. The zero-order chi connectivity index (χ0) is 13.9. The molecule has 0 saturated carbocycles. The Bertz CT molecular complexity index is 694. The van der Waals surface area contributed by atoms with E-state index in [2.05, 4.69) is 68.4 Å². The van der Waals surface area contributed by atoms with Crippen LogP contribution in [0.5, 0.6) is 0 Å². The third-order valence-electron chi connectivity index (χ3n) is 3.92. The van der Waals surface area contributed by atoms with E-state index in [9.17, 15) is 0 Å². The van der Waals surface area contributed by atoms with Gasteiger partial charge in [-0.3, -0.25) is 0 Å². The zero-order valence-corrected chi connectivity index (χ0v) is 12.9. The standard InChI is InChI=1S/C19H20S/c1-3-9-18-19(14(2)15-10-5-4-6-11-15)16-12-7-8-13-17(16)20-18/h4-8,10-14H,3,9H2,1-2H3/t14-/m1/s1. The third kappa shape index (κ3) is 2.38. The molecule has 102 valence electrons.